The van der Waals surface area contributed by atoms with Gasteiger partial charge in [0.15, 0.2) is 0 Å². The molecule has 0 saturated heterocycles. The summed E-state index contributed by atoms with van der Waals surface area (Å²) in [7, 11) is 1.97. The number of nitrogens with one attached hydrogen (secondary N) is 1. The summed E-state index contributed by atoms with van der Waals surface area (Å²) in [6, 6.07) is 17.9. The second kappa shape index (κ2) is 6.93. The van der Waals surface area contributed by atoms with E-state index in [9.17, 15) is 0 Å². The zero-order valence-electron chi connectivity index (χ0n) is 15.4. The number of aromatic nitrogens is 3. The third-order valence-corrected chi connectivity index (χ3v) is 5.04. The number of hydrogen-bond donors (Lipinski definition) is 1. The van der Waals surface area contributed by atoms with Gasteiger partial charge in [0, 0.05) is 24.0 Å². The Bertz CT molecular complexity index is 1150. The number of rotatable bonds is 4. The van der Waals surface area contributed by atoms with Gasteiger partial charge in [-0.05, 0) is 44.2 Å². The number of nitrogens with zero attached hydrogens (tertiary/aromatic N) is 4. The van der Waals surface area contributed by atoms with Gasteiger partial charge in [0.2, 0.25) is 5.95 Å². The van der Waals surface area contributed by atoms with E-state index in [0.717, 1.165) is 38.7 Å². The highest BCUT2D eigenvalue weighted by Gasteiger charge is 2.12. The average molecular weight is 378 g/mol. The molecule has 4 aromatic rings. The summed E-state index contributed by atoms with van der Waals surface area (Å²) in [6.45, 7) is 4.12. The average Bonchev–Trinajstić information content (AvgIpc) is 3.13. The fraction of sp³-hybridized carbons (Fsp3) is 0.143. The molecular formula is C21H20ClN5. The predicted molar refractivity (Wildman–Crippen MR) is 112 cm³/mol. The number of hydrogen-bond acceptors (Lipinski definition) is 3. The van der Waals surface area contributed by atoms with Crippen LogP contribution in [0.5, 0.6) is 0 Å². The van der Waals surface area contributed by atoms with Crippen molar-refractivity contribution in [3.63, 3.8) is 0 Å². The third kappa shape index (κ3) is 3.11. The number of hydrazone groups is 1. The Kier molecular flexibility index (Phi) is 4.46. The molecule has 2 aromatic heterocycles. The second-order valence-electron chi connectivity index (χ2n) is 6.47. The lowest BCUT2D eigenvalue weighted by Gasteiger charge is -2.11. The van der Waals surface area contributed by atoms with Gasteiger partial charge in [-0.3, -0.25) is 0 Å². The first-order valence-electron chi connectivity index (χ1n) is 8.70. The summed E-state index contributed by atoms with van der Waals surface area (Å²) in [5.41, 5.74) is 9.22. The standard InChI is InChI=1S/C21H20ClN5/c1-14-12-16(15(2)27(14)19-10-6-4-8-17(19)22)13-23-25-21-24-18-9-5-7-11-20(18)26(21)3/h4-13H,1-3H3,(H,24,25)/b23-13-. The van der Waals surface area contributed by atoms with Crippen molar-refractivity contribution in [2.45, 2.75) is 13.8 Å². The van der Waals surface area contributed by atoms with E-state index in [1.165, 1.54) is 0 Å². The van der Waals surface area contributed by atoms with Crippen LogP contribution in [0.1, 0.15) is 17.0 Å². The number of benzene rings is 2. The molecule has 27 heavy (non-hydrogen) atoms. The van der Waals surface area contributed by atoms with E-state index in [1.54, 1.807) is 0 Å². The molecule has 0 bridgehead atoms. The Morgan fingerprint density at radius 2 is 1.81 bits per heavy atom. The van der Waals surface area contributed by atoms with Crippen molar-refractivity contribution in [3.05, 3.63) is 76.6 Å². The number of para-hydroxylation sites is 3. The van der Waals surface area contributed by atoms with Crippen LogP contribution in [0.15, 0.2) is 59.7 Å². The van der Waals surface area contributed by atoms with Crippen LogP contribution in [0.4, 0.5) is 5.95 Å². The molecule has 0 unspecified atom stereocenters. The van der Waals surface area contributed by atoms with Gasteiger partial charge in [0.25, 0.3) is 0 Å². The SMILES string of the molecule is Cc1cc(/C=N\Nc2nc3ccccc3n2C)c(C)n1-c1ccccc1Cl. The number of imidazole rings is 1. The maximum atomic E-state index is 6.37. The van der Waals surface area contributed by atoms with Gasteiger partial charge >= 0.3 is 0 Å². The number of halogens is 1. The summed E-state index contributed by atoms with van der Waals surface area (Å²) >= 11 is 6.37. The Labute approximate surface area is 162 Å². The monoisotopic (exact) mass is 377 g/mol. The Balaban J connectivity index is 1.62. The largest absolute Gasteiger partial charge is 0.316 e. The summed E-state index contributed by atoms with van der Waals surface area (Å²) < 4.78 is 4.12. The summed E-state index contributed by atoms with van der Waals surface area (Å²) in [4.78, 5) is 4.56. The lowest BCUT2D eigenvalue weighted by molar-refractivity contribution is 0.943. The lowest BCUT2D eigenvalue weighted by atomic mass is 10.2. The van der Waals surface area contributed by atoms with Crippen LogP contribution in [-0.2, 0) is 7.05 Å². The highest BCUT2D eigenvalue weighted by Crippen LogP contribution is 2.25. The first-order valence-corrected chi connectivity index (χ1v) is 9.08. The van der Waals surface area contributed by atoms with E-state index in [4.69, 9.17) is 11.6 Å². The molecule has 0 saturated carbocycles. The summed E-state index contributed by atoms with van der Waals surface area (Å²) in [5.74, 6) is 0.701. The normalized spacial score (nSPS) is 11.6. The van der Waals surface area contributed by atoms with Gasteiger partial charge in [-0.15, -0.1) is 0 Å². The highest BCUT2D eigenvalue weighted by atomic mass is 35.5. The Hall–Kier alpha value is -3.05. The minimum absolute atomic E-state index is 0.701. The molecule has 4 rings (SSSR count). The first kappa shape index (κ1) is 17.4. The Morgan fingerprint density at radius 3 is 2.59 bits per heavy atom. The molecule has 0 aliphatic rings. The lowest BCUT2D eigenvalue weighted by Crippen LogP contribution is -2.01. The third-order valence-electron chi connectivity index (χ3n) is 4.72. The molecule has 1 N–H and O–H groups in total. The van der Waals surface area contributed by atoms with E-state index in [0.29, 0.717) is 5.95 Å². The van der Waals surface area contributed by atoms with Crippen LogP contribution in [0.3, 0.4) is 0 Å². The summed E-state index contributed by atoms with van der Waals surface area (Å²) in [6.07, 6.45) is 1.81. The van der Waals surface area contributed by atoms with Gasteiger partial charge in [-0.2, -0.15) is 5.10 Å². The van der Waals surface area contributed by atoms with Crippen molar-refractivity contribution in [1.29, 1.82) is 0 Å². The highest BCUT2D eigenvalue weighted by molar-refractivity contribution is 6.32. The molecule has 0 amide bonds. The number of aryl methyl sites for hydroxylation is 2. The van der Waals surface area contributed by atoms with E-state index in [2.05, 4.69) is 40.0 Å². The maximum absolute atomic E-state index is 6.37. The van der Waals surface area contributed by atoms with Crippen molar-refractivity contribution in [2.24, 2.45) is 12.1 Å². The van der Waals surface area contributed by atoms with E-state index in [-0.39, 0.29) is 0 Å². The predicted octanol–water partition coefficient (Wildman–Crippen LogP) is 5.08. The molecule has 6 heteroatoms. The van der Waals surface area contributed by atoms with E-state index >= 15 is 0 Å². The van der Waals surface area contributed by atoms with Crippen molar-refractivity contribution in [1.82, 2.24) is 14.1 Å². The molecule has 0 atom stereocenters. The van der Waals surface area contributed by atoms with Crippen molar-refractivity contribution in [3.8, 4) is 5.69 Å². The van der Waals surface area contributed by atoms with Gasteiger partial charge in [-0.25, -0.2) is 10.4 Å². The van der Waals surface area contributed by atoms with Crippen molar-refractivity contribution >= 4 is 34.8 Å². The number of fused-ring (bicyclic) bond motifs is 1. The van der Waals surface area contributed by atoms with Crippen molar-refractivity contribution in [2.75, 3.05) is 5.43 Å². The van der Waals surface area contributed by atoms with E-state index in [1.807, 2.05) is 66.4 Å². The molecule has 0 aliphatic carbocycles. The van der Waals surface area contributed by atoms with Crippen LogP contribution in [0.2, 0.25) is 5.02 Å². The molecule has 0 fully saturated rings. The Morgan fingerprint density at radius 1 is 1.07 bits per heavy atom. The van der Waals surface area contributed by atoms with Gasteiger partial charge in [0.05, 0.1) is 28.0 Å². The van der Waals surface area contributed by atoms with Gasteiger partial charge < -0.3 is 9.13 Å². The molecule has 2 aromatic carbocycles. The fourth-order valence-corrected chi connectivity index (χ4v) is 3.55. The van der Waals surface area contributed by atoms with Gasteiger partial charge in [-0.1, -0.05) is 35.9 Å². The molecular weight excluding hydrogens is 358 g/mol. The molecule has 2 heterocycles. The fourth-order valence-electron chi connectivity index (χ4n) is 3.33. The van der Waals surface area contributed by atoms with Gasteiger partial charge in [0.1, 0.15) is 0 Å². The molecule has 5 nitrogen and oxygen atoms in total. The quantitative estimate of drug-likeness (QED) is 0.398. The summed E-state index contributed by atoms with van der Waals surface area (Å²) in [5, 5.41) is 5.12. The minimum Gasteiger partial charge on any atom is -0.316 e. The molecule has 0 radical (unpaired) electrons. The van der Waals surface area contributed by atoms with Crippen LogP contribution in [-0.4, -0.2) is 20.3 Å². The smallest absolute Gasteiger partial charge is 0.224 e. The zero-order valence-corrected chi connectivity index (χ0v) is 16.2. The molecule has 0 aliphatic heterocycles. The first-order chi connectivity index (χ1) is 13.1. The zero-order chi connectivity index (χ0) is 19.0. The number of anilines is 1. The van der Waals surface area contributed by atoms with Crippen molar-refractivity contribution < 1.29 is 0 Å². The maximum Gasteiger partial charge on any atom is 0.224 e. The molecule has 136 valence electrons. The van der Waals surface area contributed by atoms with Crippen LogP contribution < -0.4 is 5.43 Å². The van der Waals surface area contributed by atoms with Crippen LogP contribution in [0.25, 0.3) is 16.7 Å². The second-order valence-corrected chi connectivity index (χ2v) is 6.87. The minimum atomic E-state index is 0.701. The van der Waals surface area contributed by atoms with Crippen LogP contribution in [0, 0.1) is 13.8 Å². The molecule has 0 spiro atoms. The van der Waals surface area contributed by atoms with E-state index < -0.39 is 0 Å². The van der Waals surface area contributed by atoms with Crippen LogP contribution >= 0.6 is 11.6 Å². The topological polar surface area (TPSA) is 47.1 Å².